The number of anilines is 1. The zero-order chi connectivity index (χ0) is 19.0. The molecule has 0 aliphatic carbocycles. The third-order valence-corrected chi connectivity index (χ3v) is 5.35. The molecule has 2 amide bonds. The Morgan fingerprint density at radius 2 is 2.07 bits per heavy atom. The molecule has 27 heavy (non-hydrogen) atoms. The van der Waals surface area contributed by atoms with Gasteiger partial charge < -0.3 is 24.8 Å². The number of nitrogens with zero attached hydrogens (tertiary/aromatic N) is 2. The Kier molecular flexibility index (Phi) is 4.25. The first-order valence-corrected chi connectivity index (χ1v) is 8.88. The molecule has 1 saturated heterocycles. The van der Waals surface area contributed by atoms with Crippen LogP contribution in [0.25, 0.3) is 5.69 Å². The van der Waals surface area contributed by atoms with E-state index >= 15 is 0 Å². The standard InChI is InChI=1S/C19H21FN4O3/c1-27-17(25)12-21-18(26)23-9-6-19(7-10-23)16-3-2-8-24(16)15-5-4-13(20)11-14(15)22-19/h2-5,8,11,22H,6-7,9-10,12H2,1H3,(H,21,26). The number of hydrogen-bond donors (Lipinski definition) is 2. The van der Waals surface area contributed by atoms with Gasteiger partial charge in [-0.2, -0.15) is 0 Å². The van der Waals surface area contributed by atoms with Gasteiger partial charge in [0.2, 0.25) is 0 Å². The molecule has 1 fully saturated rings. The van der Waals surface area contributed by atoms with Gasteiger partial charge in [-0.25, -0.2) is 9.18 Å². The first-order valence-electron chi connectivity index (χ1n) is 8.88. The molecule has 2 aliphatic heterocycles. The predicted octanol–water partition coefficient (Wildman–Crippen LogP) is 2.22. The van der Waals surface area contributed by atoms with E-state index < -0.39 is 5.97 Å². The summed E-state index contributed by atoms with van der Waals surface area (Å²) in [5.41, 5.74) is 2.42. The SMILES string of the molecule is COC(=O)CNC(=O)N1CCC2(CC1)Nc1cc(F)ccc1-n1cccc12. The van der Waals surface area contributed by atoms with E-state index in [2.05, 4.69) is 26.0 Å². The van der Waals surface area contributed by atoms with E-state index in [1.807, 2.05) is 12.3 Å². The number of halogens is 1. The number of hydrogen-bond acceptors (Lipinski definition) is 4. The van der Waals surface area contributed by atoms with Crippen LogP contribution in [0.2, 0.25) is 0 Å². The van der Waals surface area contributed by atoms with Crippen molar-refractivity contribution in [1.29, 1.82) is 0 Å². The van der Waals surface area contributed by atoms with Gasteiger partial charge >= 0.3 is 12.0 Å². The summed E-state index contributed by atoms with van der Waals surface area (Å²) in [5.74, 6) is -0.770. The average Bonchev–Trinajstić information content (AvgIpc) is 3.17. The second kappa shape index (κ2) is 6.61. The van der Waals surface area contributed by atoms with Crippen LogP contribution >= 0.6 is 0 Å². The molecule has 0 bridgehead atoms. The largest absolute Gasteiger partial charge is 0.468 e. The summed E-state index contributed by atoms with van der Waals surface area (Å²) in [5, 5.41) is 6.09. The summed E-state index contributed by atoms with van der Waals surface area (Å²) in [7, 11) is 1.28. The Hall–Kier alpha value is -3.03. The lowest BCUT2D eigenvalue weighted by Gasteiger charge is -2.46. The number of aromatic nitrogens is 1. The second-order valence-electron chi connectivity index (χ2n) is 6.85. The lowest BCUT2D eigenvalue weighted by atomic mass is 9.82. The fourth-order valence-electron chi connectivity index (χ4n) is 3.93. The highest BCUT2D eigenvalue weighted by atomic mass is 19.1. The number of carbonyl (C=O) groups excluding carboxylic acids is 2. The van der Waals surface area contributed by atoms with Crippen molar-refractivity contribution >= 4 is 17.7 Å². The summed E-state index contributed by atoms with van der Waals surface area (Å²) in [6, 6.07) is 8.49. The number of fused-ring (bicyclic) bond motifs is 4. The molecule has 2 aromatic rings. The molecule has 1 aromatic heterocycles. The van der Waals surface area contributed by atoms with Crippen LogP contribution < -0.4 is 10.6 Å². The summed E-state index contributed by atoms with van der Waals surface area (Å²) >= 11 is 0. The fraction of sp³-hybridized carbons (Fsp3) is 0.368. The number of nitrogens with one attached hydrogen (secondary N) is 2. The van der Waals surface area contributed by atoms with Crippen LogP contribution in [0.15, 0.2) is 36.5 Å². The molecular formula is C19H21FN4O3. The number of rotatable bonds is 2. The molecule has 0 saturated carbocycles. The first kappa shape index (κ1) is 17.4. The molecule has 1 spiro atoms. The number of esters is 1. The number of piperidine rings is 1. The molecule has 3 heterocycles. The van der Waals surface area contributed by atoms with Gasteiger partial charge in [-0.15, -0.1) is 0 Å². The van der Waals surface area contributed by atoms with E-state index in [0.29, 0.717) is 25.9 Å². The number of amides is 2. The third kappa shape index (κ3) is 3.01. The zero-order valence-electron chi connectivity index (χ0n) is 15.0. The van der Waals surface area contributed by atoms with Crippen LogP contribution in [-0.4, -0.2) is 48.2 Å². The number of benzene rings is 1. The molecule has 142 valence electrons. The van der Waals surface area contributed by atoms with Crippen molar-refractivity contribution in [2.75, 3.05) is 32.1 Å². The summed E-state index contributed by atoms with van der Waals surface area (Å²) in [6.45, 7) is 0.899. The van der Waals surface area contributed by atoms with Crippen LogP contribution in [-0.2, 0) is 15.1 Å². The summed E-state index contributed by atoms with van der Waals surface area (Å²) in [4.78, 5) is 25.1. The fourth-order valence-corrected chi connectivity index (χ4v) is 3.93. The third-order valence-electron chi connectivity index (χ3n) is 5.35. The van der Waals surface area contributed by atoms with Crippen molar-refractivity contribution < 1.29 is 18.7 Å². The molecule has 0 atom stereocenters. The molecule has 4 rings (SSSR count). The van der Waals surface area contributed by atoms with E-state index in [9.17, 15) is 14.0 Å². The van der Waals surface area contributed by atoms with Gasteiger partial charge in [-0.05, 0) is 43.2 Å². The number of likely N-dealkylation sites (tertiary alicyclic amines) is 1. The highest BCUT2D eigenvalue weighted by molar-refractivity contribution is 5.81. The number of carbonyl (C=O) groups is 2. The smallest absolute Gasteiger partial charge is 0.325 e. The molecule has 0 unspecified atom stereocenters. The molecule has 0 radical (unpaired) electrons. The molecule has 7 nitrogen and oxygen atoms in total. The van der Waals surface area contributed by atoms with Crippen molar-refractivity contribution in [3.8, 4) is 5.69 Å². The van der Waals surface area contributed by atoms with Crippen LogP contribution in [0.5, 0.6) is 0 Å². The van der Waals surface area contributed by atoms with Gasteiger partial charge in [0.05, 0.1) is 24.0 Å². The second-order valence-corrected chi connectivity index (χ2v) is 6.85. The average molecular weight is 372 g/mol. The Labute approximate surface area is 156 Å². The van der Waals surface area contributed by atoms with Gasteiger partial charge in [-0.1, -0.05) is 0 Å². The highest BCUT2D eigenvalue weighted by Crippen LogP contribution is 2.43. The van der Waals surface area contributed by atoms with Gasteiger partial charge in [0.25, 0.3) is 0 Å². The van der Waals surface area contributed by atoms with E-state index in [1.165, 1.54) is 19.2 Å². The van der Waals surface area contributed by atoms with Crippen molar-refractivity contribution in [2.45, 2.75) is 18.4 Å². The Morgan fingerprint density at radius 3 is 2.81 bits per heavy atom. The van der Waals surface area contributed by atoms with E-state index in [4.69, 9.17) is 0 Å². The highest BCUT2D eigenvalue weighted by Gasteiger charge is 2.42. The van der Waals surface area contributed by atoms with E-state index in [-0.39, 0.29) is 23.9 Å². The van der Waals surface area contributed by atoms with Crippen molar-refractivity contribution in [3.05, 3.63) is 48.0 Å². The Bertz CT molecular complexity index is 887. The van der Waals surface area contributed by atoms with Crippen molar-refractivity contribution in [2.24, 2.45) is 0 Å². The topological polar surface area (TPSA) is 75.6 Å². The maximum absolute atomic E-state index is 13.8. The van der Waals surface area contributed by atoms with Crippen LogP contribution in [0.3, 0.4) is 0 Å². The minimum atomic E-state index is -0.484. The Balaban J connectivity index is 1.52. The zero-order valence-corrected chi connectivity index (χ0v) is 15.0. The number of ether oxygens (including phenoxy) is 1. The molecule has 2 aliphatic rings. The quantitative estimate of drug-likeness (QED) is 0.793. The normalized spacial score (nSPS) is 16.9. The molecular weight excluding hydrogens is 351 g/mol. The summed E-state index contributed by atoms with van der Waals surface area (Å²) in [6.07, 6.45) is 3.33. The Morgan fingerprint density at radius 1 is 1.30 bits per heavy atom. The van der Waals surface area contributed by atoms with Crippen molar-refractivity contribution in [1.82, 2.24) is 14.8 Å². The lowest BCUT2D eigenvalue weighted by Crippen LogP contribution is -2.53. The van der Waals surface area contributed by atoms with Crippen LogP contribution in [0, 0.1) is 5.82 Å². The van der Waals surface area contributed by atoms with Crippen LogP contribution in [0.4, 0.5) is 14.9 Å². The van der Waals surface area contributed by atoms with Gasteiger partial charge in [0.1, 0.15) is 12.4 Å². The van der Waals surface area contributed by atoms with Gasteiger partial charge in [0.15, 0.2) is 0 Å². The monoisotopic (exact) mass is 372 g/mol. The number of urea groups is 1. The maximum Gasteiger partial charge on any atom is 0.325 e. The molecule has 2 N–H and O–H groups in total. The maximum atomic E-state index is 13.8. The minimum Gasteiger partial charge on any atom is -0.468 e. The minimum absolute atomic E-state index is 0.148. The van der Waals surface area contributed by atoms with Crippen LogP contribution in [0.1, 0.15) is 18.5 Å². The first-order chi connectivity index (χ1) is 13.0. The molecule has 8 heteroatoms. The van der Waals surface area contributed by atoms with E-state index in [1.54, 1.807) is 11.0 Å². The predicted molar refractivity (Wildman–Crippen MR) is 97.2 cm³/mol. The summed E-state index contributed by atoms with van der Waals surface area (Å²) < 4.78 is 20.4. The number of methoxy groups -OCH3 is 1. The molecule has 1 aromatic carbocycles. The lowest BCUT2D eigenvalue weighted by molar-refractivity contribution is -0.139. The van der Waals surface area contributed by atoms with Gasteiger partial charge in [0, 0.05) is 25.0 Å². The van der Waals surface area contributed by atoms with Gasteiger partial charge in [-0.3, -0.25) is 4.79 Å². The van der Waals surface area contributed by atoms with Crippen molar-refractivity contribution in [3.63, 3.8) is 0 Å². The van der Waals surface area contributed by atoms with E-state index in [0.717, 1.165) is 17.1 Å².